The number of aromatic carboxylic acids is 1. The lowest BCUT2D eigenvalue weighted by molar-refractivity contribution is 0.0693. The number of benzene rings is 2. The summed E-state index contributed by atoms with van der Waals surface area (Å²) in [6, 6.07) is 15.4. The third kappa shape index (κ3) is 11.6. The lowest BCUT2D eigenvalue weighted by atomic mass is 10.1. The molecule has 2 aromatic rings. The van der Waals surface area contributed by atoms with Gasteiger partial charge < -0.3 is 9.84 Å². The van der Waals surface area contributed by atoms with E-state index >= 15 is 0 Å². The molecule has 2 aromatic carbocycles. The molecule has 0 atom stereocenters. The van der Waals surface area contributed by atoms with Gasteiger partial charge in [-0.3, -0.25) is 0 Å². The van der Waals surface area contributed by atoms with Crippen LogP contribution in [0.15, 0.2) is 89.9 Å². The van der Waals surface area contributed by atoms with Gasteiger partial charge in [0.15, 0.2) is 0 Å². The van der Waals surface area contributed by atoms with Gasteiger partial charge in [0.1, 0.15) is 12.4 Å². The molecule has 0 spiro atoms. The monoisotopic (exact) mass is 474 g/mol. The molecule has 34 heavy (non-hydrogen) atoms. The highest BCUT2D eigenvalue weighted by Crippen LogP contribution is 2.22. The van der Waals surface area contributed by atoms with Gasteiger partial charge in [0.25, 0.3) is 0 Å². The van der Waals surface area contributed by atoms with E-state index < -0.39 is 5.97 Å². The third-order valence-corrected chi connectivity index (χ3v) is 5.85. The van der Waals surface area contributed by atoms with Crippen LogP contribution >= 0.6 is 11.8 Å². The fourth-order valence-electron chi connectivity index (χ4n) is 3.04. The van der Waals surface area contributed by atoms with E-state index in [4.69, 9.17) is 4.74 Å². The summed E-state index contributed by atoms with van der Waals surface area (Å²) in [5, 5.41) is 9.18. The van der Waals surface area contributed by atoms with Crippen molar-refractivity contribution in [2.45, 2.75) is 50.3 Å². The van der Waals surface area contributed by atoms with Gasteiger partial charge >= 0.3 is 5.97 Å². The minimum Gasteiger partial charge on any atom is -0.490 e. The Morgan fingerprint density at radius 3 is 2.38 bits per heavy atom. The molecule has 178 valence electrons. The quantitative estimate of drug-likeness (QED) is 0.173. The number of ether oxygens (including phenoxy) is 1. The molecule has 0 radical (unpaired) electrons. The summed E-state index contributed by atoms with van der Waals surface area (Å²) in [5.74, 6) is 6.78. The molecule has 0 unspecified atom stereocenters. The van der Waals surface area contributed by atoms with Gasteiger partial charge in [0.2, 0.25) is 0 Å². The van der Waals surface area contributed by atoms with E-state index in [1.54, 1.807) is 12.1 Å². The molecule has 0 amide bonds. The Morgan fingerprint density at radius 2 is 1.65 bits per heavy atom. The number of hydrogen-bond donors (Lipinski definition) is 1. The van der Waals surface area contributed by atoms with Crippen LogP contribution in [-0.4, -0.2) is 23.4 Å². The lowest BCUT2D eigenvalue weighted by Crippen LogP contribution is -1.98. The van der Waals surface area contributed by atoms with E-state index in [9.17, 15) is 9.90 Å². The first-order valence-electron chi connectivity index (χ1n) is 11.8. The predicted octanol–water partition coefficient (Wildman–Crippen LogP) is 7.74. The van der Waals surface area contributed by atoms with Crippen molar-refractivity contribution in [2.24, 2.45) is 0 Å². The molecule has 0 aromatic heterocycles. The number of carbonyl (C=O) groups is 1. The van der Waals surface area contributed by atoms with Gasteiger partial charge in [-0.15, -0.1) is 11.8 Å². The maximum atomic E-state index is 11.2. The number of unbranched alkanes of at least 4 members (excludes halogenated alkanes) is 1. The van der Waals surface area contributed by atoms with Crippen LogP contribution in [0.1, 0.15) is 54.9 Å². The number of aryl methyl sites for hydroxylation is 1. The normalized spacial score (nSPS) is 11.2. The fraction of sp³-hybridized carbons (Fsp3) is 0.300. The summed E-state index contributed by atoms with van der Waals surface area (Å²) in [4.78, 5) is 11.9. The first-order chi connectivity index (χ1) is 16.7. The molecule has 3 nitrogen and oxygen atoms in total. The SMILES string of the molecule is CCCCc1ccc(OCC=CCC=CCC=CCC#CCSc2ccccc2C(=O)O)cc1. The molecule has 2 rings (SSSR count). The van der Waals surface area contributed by atoms with Crippen molar-refractivity contribution >= 4 is 17.7 Å². The average molecular weight is 475 g/mol. The van der Waals surface area contributed by atoms with E-state index in [0.717, 1.165) is 29.9 Å². The summed E-state index contributed by atoms with van der Waals surface area (Å²) in [5.41, 5.74) is 1.70. The number of thioether (sulfide) groups is 1. The Balaban J connectivity index is 1.52. The molecule has 4 heteroatoms. The van der Waals surface area contributed by atoms with Gasteiger partial charge in [-0.25, -0.2) is 4.79 Å². The molecule has 0 aliphatic carbocycles. The van der Waals surface area contributed by atoms with Crippen LogP contribution < -0.4 is 4.74 Å². The standard InChI is InChI=1S/C30H34O3S/c1-2-3-17-26-20-22-27(23-21-26)33-24-15-11-9-7-5-4-6-8-10-12-16-25-34-29-19-14-13-18-28(29)30(31)32/h5-8,11,13-15,18-23H,2-4,9-10,17,24-25H2,1H3,(H,31,32). The number of rotatable bonds is 14. The second-order valence-electron chi connectivity index (χ2n) is 7.59. The highest BCUT2D eigenvalue weighted by atomic mass is 32.2. The van der Waals surface area contributed by atoms with Crippen LogP contribution in [0, 0.1) is 11.8 Å². The van der Waals surface area contributed by atoms with Crippen molar-refractivity contribution in [1.29, 1.82) is 0 Å². The molecule has 0 heterocycles. The van der Waals surface area contributed by atoms with Crippen LogP contribution in [0.25, 0.3) is 0 Å². The van der Waals surface area contributed by atoms with Crippen molar-refractivity contribution in [2.75, 3.05) is 12.4 Å². The van der Waals surface area contributed by atoms with Crippen LogP contribution in [-0.2, 0) is 6.42 Å². The fourth-order valence-corrected chi connectivity index (χ4v) is 3.85. The van der Waals surface area contributed by atoms with Gasteiger partial charge in [-0.1, -0.05) is 85.9 Å². The average Bonchev–Trinajstić information content (AvgIpc) is 2.86. The van der Waals surface area contributed by atoms with Crippen LogP contribution in [0.5, 0.6) is 5.75 Å². The van der Waals surface area contributed by atoms with Crippen molar-refractivity contribution in [3.8, 4) is 17.6 Å². The number of allylic oxidation sites excluding steroid dienone is 5. The number of carboxylic acids is 1. The Kier molecular flexibility index (Phi) is 13.8. The van der Waals surface area contributed by atoms with Crippen LogP contribution in [0.2, 0.25) is 0 Å². The first-order valence-corrected chi connectivity index (χ1v) is 12.8. The molecule has 0 aliphatic heterocycles. The van der Waals surface area contributed by atoms with Gasteiger partial charge in [-0.05, 0) is 55.5 Å². The molecular weight excluding hydrogens is 440 g/mol. The van der Waals surface area contributed by atoms with E-state index in [0.29, 0.717) is 24.3 Å². The Hall–Kier alpha value is -3.16. The van der Waals surface area contributed by atoms with Gasteiger partial charge in [0, 0.05) is 11.3 Å². The van der Waals surface area contributed by atoms with E-state index in [-0.39, 0.29) is 0 Å². The minimum absolute atomic E-state index is 0.329. The van der Waals surface area contributed by atoms with Crippen molar-refractivity contribution in [3.05, 3.63) is 96.1 Å². The lowest BCUT2D eigenvalue weighted by Gasteiger charge is -2.04. The number of hydrogen-bond acceptors (Lipinski definition) is 3. The van der Waals surface area contributed by atoms with Gasteiger partial charge in [0.05, 0.1) is 11.3 Å². The topological polar surface area (TPSA) is 46.5 Å². The Labute approximate surface area is 208 Å². The largest absolute Gasteiger partial charge is 0.490 e. The first kappa shape index (κ1) is 27.1. The van der Waals surface area contributed by atoms with E-state index in [1.165, 1.54) is 30.2 Å². The van der Waals surface area contributed by atoms with E-state index in [1.807, 2.05) is 30.3 Å². The summed E-state index contributed by atoms with van der Waals surface area (Å²) in [6.45, 7) is 2.80. The molecule has 0 fully saturated rings. The zero-order valence-corrected chi connectivity index (χ0v) is 20.7. The summed E-state index contributed by atoms with van der Waals surface area (Å²) >= 11 is 1.45. The highest BCUT2D eigenvalue weighted by Gasteiger charge is 2.08. The zero-order chi connectivity index (χ0) is 24.3. The highest BCUT2D eigenvalue weighted by molar-refractivity contribution is 7.99. The molecule has 0 bridgehead atoms. The predicted molar refractivity (Wildman–Crippen MR) is 144 cm³/mol. The van der Waals surface area contributed by atoms with Crippen LogP contribution in [0.3, 0.4) is 0 Å². The minimum atomic E-state index is -0.904. The summed E-state index contributed by atoms with van der Waals surface area (Å²) < 4.78 is 5.74. The molecular formula is C30H34O3S. The van der Waals surface area contributed by atoms with Crippen LogP contribution in [0.4, 0.5) is 0 Å². The Bertz CT molecular complexity index is 1010. The maximum Gasteiger partial charge on any atom is 0.336 e. The second kappa shape index (κ2) is 17.3. The molecule has 0 saturated heterocycles. The number of carboxylic acid groups (broad SMARTS) is 1. The van der Waals surface area contributed by atoms with Gasteiger partial charge in [-0.2, -0.15) is 0 Å². The third-order valence-electron chi connectivity index (χ3n) is 4.90. The molecule has 1 N–H and O–H groups in total. The zero-order valence-electron chi connectivity index (χ0n) is 19.9. The Morgan fingerprint density at radius 1 is 0.941 bits per heavy atom. The maximum absolute atomic E-state index is 11.2. The smallest absolute Gasteiger partial charge is 0.336 e. The summed E-state index contributed by atoms with van der Waals surface area (Å²) in [7, 11) is 0. The summed E-state index contributed by atoms with van der Waals surface area (Å²) in [6.07, 6.45) is 18.7. The molecule has 0 saturated carbocycles. The second-order valence-corrected chi connectivity index (χ2v) is 8.61. The van der Waals surface area contributed by atoms with Crippen molar-refractivity contribution in [3.63, 3.8) is 0 Å². The van der Waals surface area contributed by atoms with Crippen molar-refractivity contribution in [1.82, 2.24) is 0 Å². The molecule has 0 aliphatic rings. The van der Waals surface area contributed by atoms with E-state index in [2.05, 4.69) is 61.3 Å². The van der Waals surface area contributed by atoms with Crippen molar-refractivity contribution < 1.29 is 14.6 Å².